The van der Waals surface area contributed by atoms with Crippen LogP contribution in [0.3, 0.4) is 0 Å². The monoisotopic (exact) mass is 343 g/mol. The van der Waals surface area contributed by atoms with E-state index in [0.29, 0.717) is 0 Å². The van der Waals surface area contributed by atoms with Crippen molar-refractivity contribution in [3.05, 3.63) is 72.8 Å². The summed E-state index contributed by atoms with van der Waals surface area (Å²) >= 11 is 0. The van der Waals surface area contributed by atoms with Crippen LogP contribution < -0.4 is 10.6 Å². The van der Waals surface area contributed by atoms with Crippen LogP contribution in [-0.2, 0) is 15.6 Å². The molecule has 2 heterocycles. The van der Waals surface area contributed by atoms with E-state index in [1.165, 1.54) is 0 Å². The lowest BCUT2D eigenvalue weighted by atomic mass is 10.0. The average Bonchev–Trinajstić information content (AvgIpc) is 2.63. The lowest BCUT2D eigenvalue weighted by Crippen LogP contribution is -2.49. The molecule has 3 nitrogen and oxygen atoms in total. The van der Waals surface area contributed by atoms with Gasteiger partial charge in [0.05, 0.1) is 5.25 Å². The molecule has 0 N–H and O–H groups in total. The SMILES string of the molecule is O=S1[C@H]2C=C[C@H](CC2)N1P(=O)(c1ccccc1)c1ccccc1. The summed E-state index contributed by atoms with van der Waals surface area (Å²) in [5.74, 6) is 0. The van der Waals surface area contributed by atoms with Crippen LogP contribution >= 0.6 is 7.29 Å². The van der Waals surface area contributed by atoms with E-state index in [4.69, 9.17) is 0 Å². The van der Waals surface area contributed by atoms with Gasteiger partial charge in [-0.1, -0.05) is 48.6 Å². The molecule has 5 heteroatoms. The summed E-state index contributed by atoms with van der Waals surface area (Å²) in [5, 5.41) is 1.49. The summed E-state index contributed by atoms with van der Waals surface area (Å²) in [6, 6.07) is 18.9. The van der Waals surface area contributed by atoms with Crippen molar-refractivity contribution in [1.82, 2.24) is 4.08 Å². The molecule has 23 heavy (non-hydrogen) atoms. The topological polar surface area (TPSA) is 37.4 Å². The number of hydrogen-bond donors (Lipinski definition) is 0. The molecule has 1 aliphatic carbocycles. The van der Waals surface area contributed by atoms with Gasteiger partial charge in [0.1, 0.15) is 11.0 Å². The van der Waals surface area contributed by atoms with E-state index in [0.717, 1.165) is 23.5 Å². The molecule has 0 amide bonds. The maximum absolute atomic E-state index is 14.3. The predicted molar refractivity (Wildman–Crippen MR) is 95.7 cm³/mol. The van der Waals surface area contributed by atoms with E-state index >= 15 is 0 Å². The van der Waals surface area contributed by atoms with Gasteiger partial charge in [-0.2, -0.15) is 4.08 Å². The van der Waals surface area contributed by atoms with E-state index in [9.17, 15) is 8.77 Å². The van der Waals surface area contributed by atoms with Crippen molar-refractivity contribution in [1.29, 1.82) is 0 Å². The van der Waals surface area contributed by atoms with Crippen molar-refractivity contribution in [3.8, 4) is 0 Å². The van der Waals surface area contributed by atoms with Gasteiger partial charge in [0.15, 0.2) is 0 Å². The first-order valence-corrected chi connectivity index (χ1v) is 10.6. The van der Waals surface area contributed by atoms with Gasteiger partial charge in [0.25, 0.3) is 0 Å². The van der Waals surface area contributed by atoms with Crippen LogP contribution in [0.1, 0.15) is 12.8 Å². The first kappa shape index (κ1) is 15.1. The predicted octanol–water partition coefficient (Wildman–Crippen LogP) is 2.98. The van der Waals surface area contributed by atoms with Gasteiger partial charge in [-0.05, 0) is 37.1 Å². The molecule has 0 radical (unpaired) electrons. The van der Waals surface area contributed by atoms with Crippen molar-refractivity contribution < 1.29 is 8.77 Å². The maximum atomic E-state index is 14.3. The van der Waals surface area contributed by atoms with Gasteiger partial charge in [-0.3, -0.25) is 4.57 Å². The van der Waals surface area contributed by atoms with Gasteiger partial charge < -0.3 is 0 Å². The van der Waals surface area contributed by atoms with E-state index in [1.807, 2.05) is 66.7 Å². The summed E-state index contributed by atoms with van der Waals surface area (Å²) in [6.07, 6.45) is 5.93. The Kier molecular flexibility index (Phi) is 3.84. The van der Waals surface area contributed by atoms with Crippen LogP contribution in [0.2, 0.25) is 0 Å². The molecule has 3 atom stereocenters. The molecule has 2 aromatic rings. The number of rotatable bonds is 3. The van der Waals surface area contributed by atoms with Gasteiger partial charge in [0, 0.05) is 16.7 Å². The van der Waals surface area contributed by atoms with Gasteiger partial charge in [-0.15, -0.1) is 0 Å². The minimum Gasteiger partial charge on any atom is -0.295 e. The second-order valence-electron chi connectivity index (χ2n) is 5.89. The van der Waals surface area contributed by atoms with Crippen LogP contribution in [0.5, 0.6) is 0 Å². The molecule has 118 valence electrons. The Morgan fingerprint density at radius 2 is 1.43 bits per heavy atom. The zero-order valence-electron chi connectivity index (χ0n) is 12.6. The first-order chi connectivity index (χ1) is 11.2. The fraction of sp³-hybridized carbons (Fsp3) is 0.222. The number of fused-ring (bicyclic) bond motifs is 2. The van der Waals surface area contributed by atoms with Crippen molar-refractivity contribution in [2.24, 2.45) is 0 Å². The molecule has 1 unspecified atom stereocenters. The van der Waals surface area contributed by atoms with Crippen molar-refractivity contribution in [2.75, 3.05) is 0 Å². The van der Waals surface area contributed by atoms with Crippen LogP contribution in [0.15, 0.2) is 72.8 Å². The lowest BCUT2D eigenvalue weighted by Gasteiger charge is -2.43. The Labute approximate surface area is 139 Å². The van der Waals surface area contributed by atoms with Crippen LogP contribution in [0.25, 0.3) is 0 Å². The normalized spacial score (nSPS) is 27.2. The molecule has 5 rings (SSSR count). The molecule has 3 aliphatic rings. The second-order valence-corrected chi connectivity index (χ2v) is 10.3. The van der Waals surface area contributed by atoms with Crippen molar-refractivity contribution in [3.63, 3.8) is 0 Å². The van der Waals surface area contributed by atoms with Gasteiger partial charge >= 0.3 is 0 Å². The highest BCUT2D eigenvalue weighted by molar-refractivity contribution is 7.95. The summed E-state index contributed by atoms with van der Waals surface area (Å²) in [6.45, 7) is 0. The molecule has 2 bridgehead atoms. The van der Waals surface area contributed by atoms with Gasteiger partial charge in [0.2, 0.25) is 7.29 Å². The Bertz CT molecular complexity index is 763. The zero-order chi connectivity index (χ0) is 15.9. The standard InChI is InChI=1S/C18H18NO2PS/c20-22(16-7-3-1-4-8-16,17-9-5-2-6-10-17)19-15-11-13-18(14-12-15)23(19)21/h1-11,13,15,18H,12,14H2/t15-,18+,23?/m1/s1. The number of benzene rings is 2. The van der Waals surface area contributed by atoms with E-state index in [-0.39, 0.29) is 11.3 Å². The lowest BCUT2D eigenvalue weighted by molar-refractivity contribution is 0.433. The van der Waals surface area contributed by atoms with E-state index in [1.54, 1.807) is 4.08 Å². The van der Waals surface area contributed by atoms with E-state index < -0.39 is 18.3 Å². The largest absolute Gasteiger partial charge is 0.295 e. The Morgan fingerprint density at radius 3 is 1.87 bits per heavy atom. The molecule has 0 aromatic heterocycles. The second kappa shape index (κ2) is 5.86. The zero-order valence-corrected chi connectivity index (χ0v) is 14.3. The van der Waals surface area contributed by atoms with E-state index in [2.05, 4.69) is 6.08 Å². The molecule has 2 aliphatic heterocycles. The summed E-state index contributed by atoms with van der Waals surface area (Å²) in [7, 11) is -4.37. The molecular formula is C18H18NO2PS. The highest BCUT2D eigenvalue weighted by atomic mass is 32.2. The molecule has 0 saturated carbocycles. The Balaban J connectivity index is 1.92. The highest BCUT2D eigenvalue weighted by Crippen LogP contribution is 2.54. The van der Waals surface area contributed by atoms with Gasteiger partial charge in [-0.25, -0.2) is 4.21 Å². The third-order valence-corrected chi connectivity index (χ3v) is 10.1. The number of hydrogen-bond acceptors (Lipinski definition) is 2. The summed E-state index contributed by atoms with van der Waals surface area (Å²) in [4.78, 5) is 0. The first-order valence-electron chi connectivity index (χ1n) is 7.81. The number of nitrogens with zero attached hydrogens (tertiary/aromatic N) is 1. The maximum Gasteiger partial charge on any atom is 0.218 e. The van der Waals surface area contributed by atoms with Crippen molar-refractivity contribution in [2.45, 2.75) is 24.1 Å². The smallest absolute Gasteiger partial charge is 0.218 e. The minimum atomic E-state index is -3.12. The van der Waals surface area contributed by atoms with Crippen molar-refractivity contribution >= 4 is 28.9 Å². The third kappa shape index (κ3) is 2.37. The molecule has 1 fully saturated rings. The fourth-order valence-electron chi connectivity index (χ4n) is 3.36. The minimum absolute atomic E-state index is 0.0132. The summed E-state index contributed by atoms with van der Waals surface area (Å²) in [5.41, 5.74) is 0. The third-order valence-electron chi connectivity index (χ3n) is 4.51. The highest BCUT2D eigenvalue weighted by Gasteiger charge is 2.47. The molecular weight excluding hydrogens is 325 g/mol. The molecule has 1 saturated heterocycles. The fourth-order valence-corrected chi connectivity index (χ4v) is 9.00. The average molecular weight is 343 g/mol. The van der Waals surface area contributed by atoms with Crippen LogP contribution in [-0.4, -0.2) is 19.6 Å². The van der Waals surface area contributed by atoms with Crippen LogP contribution in [0, 0.1) is 0 Å². The quantitative estimate of drug-likeness (QED) is 0.635. The Hall–Kier alpha value is -1.48. The summed E-state index contributed by atoms with van der Waals surface area (Å²) < 4.78 is 29.0. The Morgan fingerprint density at radius 1 is 0.870 bits per heavy atom. The van der Waals surface area contributed by atoms with Crippen LogP contribution in [0.4, 0.5) is 0 Å². The molecule has 2 aromatic carbocycles. The molecule has 0 spiro atoms.